The van der Waals surface area contributed by atoms with Crippen LogP contribution in [0.25, 0.3) is 22.1 Å². The third-order valence-corrected chi connectivity index (χ3v) is 5.89. The topological polar surface area (TPSA) is 57.7 Å². The first-order chi connectivity index (χ1) is 11.8. The maximum atomic E-state index is 4.65. The summed E-state index contributed by atoms with van der Waals surface area (Å²) in [6, 6.07) is 8.14. The van der Waals surface area contributed by atoms with Gasteiger partial charge in [-0.2, -0.15) is 0 Å². The van der Waals surface area contributed by atoms with Crippen molar-refractivity contribution in [3.05, 3.63) is 24.3 Å². The molecule has 126 valence electrons. The summed E-state index contributed by atoms with van der Waals surface area (Å²) in [6.07, 6.45) is 3.90. The Morgan fingerprint density at radius 1 is 1.21 bits per heavy atom. The van der Waals surface area contributed by atoms with Gasteiger partial charge in [0, 0.05) is 16.7 Å². The van der Waals surface area contributed by atoms with Crippen LogP contribution in [0.2, 0.25) is 0 Å². The maximum Gasteiger partial charge on any atom is 0.211 e. The minimum atomic E-state index is 0.778. The number of hydrogen-bond donors (Lipinski definition) is 1. The minimum absolute atomic E-state index is 0.778. The lowest BCUT2D eigenvalue weighted by Gasteiger charge is -2.30. The number of rotatable bonds is 5. The van der Waals surface area contributed by atoms with E-state index in [9.17, 15) is 0 Å². The Morgan fingerprint density at radius 3 is 2.88 bits per heavy atom. The van der Waals surface area contributed by atoms with Crippen LogP contribution in [-0.2, 0) is 0 Å². The number of fused-ring (bicyclic) bond motifs is 3. The van der Waals surface area contributed by atoms with Gasteiger partial charge in [-0.1, -0.05) is 36.9 Å². The average molecular weight is 341 g/mol. The second-order valence-electron chi connectivity index (χ2n) is 6.48. The highest BCUT2D eigenvalue weighted by molar-refractivity contribution is 7.99. The summed E-state index contributed by atoms with van der Waals surface area (Å²) in [4.78, 5) is 10.5. The van der Waals surface area contributed by atoms with E-state index in [1.165, 1.54) is 38.9 Å². The molecule has 2 aromatic heterocycles. The van der Waals surface area contributed by atoms with E-state index in [1.54, 1.807) is 11.8 Å². The zero-order valence-electron chi connectivity index (χ0n) is 14.0. The predicted octanol–water partition coefficient (Wildman–Crippen LogP) is 3.72. The third kappa shape index (κ3) is 3.26. The number of nitrogens with zero attached hydrogens (tertiary/aromatic N) is 4. The van der Waals surface area contributed by atoms with Crippen molar-refractivity contribution < 1.29 is 0 Å². The standard InChI is InChI=1S/C18H23N5S/c1-2-23-10-7-13(8-11-23)9-12-24-18-20-17-16(21-22-18)14-5-3-4-6-15(14)19-17/h3-6,13H,2,7-12H2,1H3,(H,19,20,22). The Hall–Kier alpha value is -1.66. The lowest BCUT2D eigenvalue weighted by Crippen LogP contribution is -2.33. The Labute approximate surface area is 146 Å². The average Bonchev–Trinajstić information content (AvgIpc) is 3.00. The molecule has 1 N–H and O–H groups in total. The van der Waals surface area contributed by atoms with E-state index in [-0.39, 0.29) is 0 Å². The first-order valence-corrected chi connectivity index (χ1v) is 9.78. The fourth-order valence-electron chi connectivity index (χ4n) is 3.48. The summed E-state index contributed by atoms with van der Waals surface area (Å²) in [5, 5.41) is 10.6. The lowest BCUT2D eigenvalue weighted by atomic mass is 9.94. The summed E-state index contributed by atoms with van der Waals surface area (Å²) in [5.74, 6) is 1.93. The van der Waals surface area contributed by atoms with Crippen LogP contribution in [0.15, 0.2) is 29.4 Å². The smallest absolute Gasteiger partial charge is 0.211 e. The molecule has 0 spiro atoms. The molecule has 0 radical (unpaired) electrons. The molecule has 1 aliphatic heterocycles. The van der Waals surface area contributed by atoms with Gasteiger partial charge in [0.05, 0.1) is 0 Å². The van der Waals surface area contributed by atoms with Crippen molar-refractivity contribution in [1.82, 2.24) is 25.1 Å². The first-order valence-electron chi connectivity index (χ1n) is 8.80. The molecule has 1 fully saturated rings. The molecule has 1 saturated heterocycles. The summed E-state index contributed by atoms with van der Waals surface area (Å²) >= 11 is 1.73. The van der Waals surface area contributed by atoms with Gasteiger partial charge in [0.15, 0.2) is 5.65 Å². The summed E-state index contributed by atoms with van der Waals surface area (Å²) < 4.78 is 0. The van der Waals surface area contributed by atoms with E-state index in [2.05, 4.69) is 38.1 Å². The van der Waals surface area contributed by atoms with Crippen LogP contribution in [0, 0.1) is 5.92 Å². The van der Waals surface area contributed by atoms with Crippen LogP contribution < -0.4 is 0 Å². The van der Waals surface area contributed by atoms with Crippen molar-refractivity contribution >= 4 is 33.8 Å². The molecule has 0 bridgehead atoms. The molecule has 0 amide bonds. The maximum absolute atomic E-state index is 4.65. The molecule has 3 aromatic rings. The van der Waals surface area contributed by atoms with Gasteiger partial charge in [0.1, 0.15) is 5.52 Å². The van der Waals surface area contributed by atoms with Crippen LogP contribution in [-0.4, -0.2) is 50.5 Å². The molecule has 0 aliphatic carbocycles. The molecule has 5 nitrogen and oxygen atoms in total. The minimum Gasteiger partial charge on any atom is -0.338 e. The Kier molecular flexibility index (Phi) is 4.67. The van der Waals surface area contributed by atoms with Gasteiger partial charge in [-0.25, -0.2) is 4.98 Å². The normalized spacial score (nSPS) is 17.0. The van der Waals surface area contributed by atoms with E-state index in [0.29, 0.717) is 0 Å². The molecule has 0 unspecified atom stereocenters. The van der Waals surface area contributed by atoms with Crippen molar-refractivity contribution in [3.8, 4) is 0 Å². The number of H-pyrrole nitrogens is 1. The van der Waals surface area contributed by atoms with Gasteiger partial charge in [-0.05, 0) is 50.9 Å². The van der Waals surface area contributed by atoms with Crippen LogP contribution in [0.4, 0.5) is 0 Å². The van der Waals surface area contributed by atoms with E-state index in [0.717, 1.165) is 38.9 Å². The Balaban J connectivity index is 1.37. The van der Waals surface area contributed by atoms with Crippen molar-refractivity contribution in [2.45, 2.75) is 31.3 Å². The van der Waals surface area contributed by atoms with Gasteiger partial charge in [-0.3, -0.25) is 0 Å². The SMILES string of the molecule is CCN1CCC(CCSc2nnc3c(n2)[nH]c2ccccc23)CC1. The number of piperidine rings is 1. The van der Waals surface area contributed by atoms with Crippen LogP contribution in [0.1, 0.15) is 26.2 Å². The van der Waals surface area contributed by atoms with Crippen LogP contribution in [0.5, 0.6) is 0 Å². The fourth-order valence-corrected chi connectivity index (χ4v) is 4.36. The summed E-state index contributed by atoms with van der Waals surface area (Å²) in [5.41, 5.74) is 2.77. The van der Waals surface area contributed by atoms with Gasteiger partial charge in [0.25, 0.3) is 0 Å². The molecule has 1 aromatic carbocycles. The first kappa shape index (κ1) is 15.8. The molecule has 0 atom stereocenters. The summed E-state index contributed by atoms with van der Waals surface area (Å²) in [7, 11) is 0. The number of benzene rings is 1. The van der Waals surface area contributed by atoms with Gasteiger partial charge in [0.2, 0.25) is 5.16 Å². The van der Waals surface area contributed by atoms with Gasteiger partial charge >= 0.3 is 0 Å². The van der Waals surface area contributed by atoms with Crippen LogP contribution in [0.3, 0.4) is 0 Å². The highest BCUT2D eigenvalue weighted by Gasteiger charge is 2.18. The number of hydrogen-bond acceptors (Lipinski definition) is 5. The highest BCUT2D eigenvalue weighted by Crippen LogP contribution is 2.26. The second-order valence-corrected chi connectivity index (χ2v) is 7.54. The van der Waals surface area contributed by atoms with Gasteiger partial charge < -0.3 is 9.88 Å². The molecular weight excluding hydrogens is 318 g/mol. The molecule has 3 heterocycles. The fraction of sp³-hybridized carbons (Fsp3) is 0.500. The molecule has 24 heavy (non-hydrogen) atoms. The molecule has 0 saturated carbocycles. The molecular formula is C18H23N5S. The highest BCUT2D eigenvalue weighted by atomic mass is 32.2. The zero-order valence-corrected chi connectivity index (χ0v) is 14.9. The number of para-hydroxylation sites is 1. The number of likely N-dealkylation sites (tertiary alicyclic amines) is 1. The van der Waals surface area contributed by atoms with Crippen molar-refractivity contribution in [3.63, 3.8) is 0 Å². The van der Waals surface area contributed by atoms with E-state index < -0.39 is 0 Å². The van der Waals surface area contributed by atoms with Crippen molar-refractivity contribution in [1.29, 1.82) is 0 Å². The monoisotopic (exact) mass is 341 g/mol. The molecule has 6 heteroatoms. The second kappa shape index (κ2) is 7.07. The molecule has 1 aliphatic rings. The third-order valence-electron chi connectivity index (χ3n) is 5.01. The van der Waals surface area contributed by atoms with Gasteiger partial charge in [-0.15, -0.1) is 10.2 Å². The van der Waals surface area contributed by atoms with Crippen molar-refractivity contribution in [2.75, 3.05) is 25.4 Å². The van der Waals surface area contributed by atoms with E-state index in [1.807, 2.05) is 18.2 Å². The number of nitrogens with one attached hydrogen (secondary N) is 1. The largest absolute Gasteiger partial charge is 0.338 e. The lowest BCUT2D eigenvalue weighted by molar-refractivity contribution is 0.190. The van der Waals surface area contributed by atoms with E-state index >= 15 is 0 Å². The quantitative estimate of drug-likeness (QED) is 0.717. The summed E-state index contributed by atoms with van der Waals surface area (Å²) in [6.45, 7) is 5.95. The van der Waals surface area contributed by atoms with E-state index in [4.69, 9.17) is 0 Å². The number of thioether (sulfide) groups is 1. The Morgan fingerprint density at radius 2 is 2.04 bits per heavy atom. The zero-order chi connectivity index (χ0) is 16.4. The van der Waals surface area contributed by atoms with Crippen LogP contribution >= 0.6 is 11.8 Å². The number of aromatic amines is 1. The molecule has 4 rings (SSSR count). The Bertz CT molecular complexity index is 823. The van der Waals surface area contributed by atoms with Crippen molar-refractivity contribution in [2.24, 2.45) is 5.92 Å². The predicted molar refractivity (Wildman–Crippen MR) is 99.4 cm³/mol. The number of aromatic nitrogens is 4.